The van der Waals surface area contributed by atoms with E-state index in [1.807, 2.05) is 0 Å². The molecule has 0 amide bonds. The summed E-state index contributed by atoms with van der Waals surface area (Å²) in [5, 5.41) is 3.68. The molecule has 2 rings (SSSR count). The summed E-state index contributed by atoms with van der Waals surface area (Å²) in [7, 11) is 2.22. The Hall–Kier alpha value is -0.120. The summed E-state index contributed by atoms with van der Waals surface area (Å²) in [6.45, 7) is 10.9. The molecule has 1 saturated carbocycles. The Morgan fingerprint density at radius 1 is 1.12 bits per heavy atom. The highest BCUT2D eigenvalue weighted by Crippen LogP contribution is 2.48. The van der Waals surface area contributed by atoms with E-state index < -0.39 is 0 Å². The Labute approximate surface area is 107 Å². The third kappa shape index (κ3) is 4.23. The van der Waals surface area contributed by atoms with Gasteiger partial charge in [0.25, 0.3) is 0 Å². The molecule has 0 aromatic heterocycles. The fourth-order valence-electron chi connectivity index (χ4n) is 2.88. The highest BCUT2D eigenvalue weighted by atomic mass is 15.2. The van der Waals surface area contributed by atoms with Gasteiger partial charge in [-0.15, -0.1) is 0 Å². The van der Waals surface area contributed by atoms with Gasteiger partial charge in [0.15, 0.2) is 0 Å². The predicted molar refractivity (Wildman–Crippen MR) is 73.4 cm³/mol. The lowest BCUT2D eigenvalue weighted by Gasteiger charge is -2.32. The van der Waals surface area contributed by atoms with Crippen molar-refractivity contribution in [1.29, 1.82) is 0 Å². The standard InChI is InChI=1S/C14H29N3/c1-3-4-14(5-6-14)13-15-7-8-17-11-9-16(2)10-12-17/h15H,3-13H2,1-2H3. The first kappa shape index (κ1) is 13.3. The third-order valence-electron chi connectivity index (χ3n) is 4.44. The van der Waals surface area contributed by atoms with Crippen molar-refractivity contribution in [3.63, 3.8) is 0 Å². The van der Waals surface area contributed by atoms with Gasteiger partial charge in [-0.05, 0) is 31.7 Å². The molecule has 2 aliphatic rings. The number of nitrogens with zero attached hydrogens (tertiary/aromatic N) is 2. The summed E-state index contributed by atoms with van der Waals surface area (Å²) in [6.07, 6.45) is 5.69. The quantitative estimate of drug-likeness (QED) is 0.678. The van der Waals surface area contributed by atoms with E-state index in [1.165, 1.54) is 71.5 Å². The van der Waals surface area contributed by atoms with E-state index in [-0.39, 0.29) is 0 Å². The fraction of sp³-hybridized carbons (Fsp3) is 1.00. The first-order valence-corrected chi connectivity index (χ1v) is 7.36. The van der Waals surface area contributed by atoms with Crippen LogP contribution in [0.2, 0.25) is 0 Å². The summed E-state index contributed by atoms with van der Waals surface area (Å²) in [4.78, 5) is 5.01. The largest absolute Gasteiger partial charge is 0.315 e. The van der Waals surface area contributed by atoms with Gasteiger partial charge in [-0.1, -0.05) is 13.3 Å². The molecule has 1 aliphatic heterocycles. The minimum absolute atomic E-state index is 0.705. The first-order valence-electron chi connectivity index (χ1n) is 7.36. The van der Waals surface area contributed by atoms with Crippen LogP contribution < -0.4 is 5.32 Å². The van der Waals surface area contributed by atoms with E-state index >= 15 is 0 Å². The van der Waals surface area contributed by atoms with Crippen LogP contribution in [-0.2, 0) is 0 Å². The van der Waals surface area contributed by atoms with Gasteiger partial charge in [-0.3, -0.25) is 4.90 Å². The van der Waals surface area contributed by atoms with Crippen LogP contribution in [0.15, 0.2) is 0 Å². The molecule has 1 N–H and O–H groups in total. The monoisotopic (exact) mass is 239 g/mol. The topological polar surface area (TPSA) is 18.5 Å². The molecule has 0 bridgehead atoms. The second-order valence-corrected chi connectivity index (χ2v) is 6.07. The molecule has 0 unspecified atom stereocenters. The first-order chi connectivity index (χ1) is 8.24. The van der Waals surface area contributed by atoms with Crippen LogP contribution >= 0.6 is 0 Å². The fourth-order valence-corrected chi connectivity index (χ4v) is 2.88. The number of hydrogen-bond donors (Lipinski definition) is 1. The number of likely N-dealkylation sites (N-methyl/N-ethyl adjacent to an activating group) is 1. The van der Waals surface area contributed by atoms with Gasteiger partial charge >= 0.3 is 0 Å². The van der Waals surface area contributed by atoms with Crippen molar-refractivity contribution >= 4 is 0 Å². The van der Waals surface area contributed by atoms with Crippen LogP contribution in [0.25, 0.3) is 0 Å². The second kappa shape index (κ2) is 6.17. The molecule has 3 nitrogen and oxygen atoms in total. The number of rotatable bonds is 7. The van der Waals surface area contributed by atoms with Crippen LogP contribution in [0.4, 0.5) is 0 Å². The summed E-state index contributed by atoms with van der Waals surface area (Å²) >= 11 is 0. The van der Waals surface area contributed by atoms with Crippen molar-refractivity contribution in [1.82, 2.24) is 15.1 Å². The Balaban J connectivity index is 1.52. The van der Waals surface area contributed by atoms with E-state index in [9.17, 15) is 0 Å². The number of hydrogen-bond acceptors (Lipinski definition) is 3. The molecule has 17 heavy (non-hydrogen) atoms. The maximum absolute atomic E-state index is 3.68. The zero-order valence-corrected chi connectivity index (χ0v) is 11.7. The van der Waals surface area contributed by atoms with Gasteiger partial charge in [0, 0.05) is 45.8 Å². The molecule has 0 atom stereocenters. The summed E-state index contributed by atoms with van der Waals surface area (Å²) in [5.74, 6) is 0. The van der Waals surface area contributed by atoms with Crippen molar-refractivity contribution in [2.45, 2.75) is 32.6 Å². The molecule has 0 aromatic carbocycles. The molecule has 1 saturated heterocycles. The normalized spacial score (nSPS) is 25.1. The average molecular weight is 239 g/mol. The molecule has 1 aliphatic carbocycles. The minimum atomic E-state index is 0.705. The van der Waals surface area contributed by atoms with E-state index in [4.69, 9.17) is 0 Å². The molecule has 0 aromatic rings. The molecular formula is C14H29N3. The van der Waals surface area contributed by atoms with E-state index in [0.29, 0.717) is 5.41 Å². The van der Waals surface area contributed by atoms with Crippen LogP contribution in [-0.4, -0.2) is 62.7 Å². The van der Waals surface area contributed by atoms with Crippen LogP contribution in [0, 0.1) is 5.41 Å². The Morgan fingerprint density at radius 3 is 2.41 bits per heavy atom. The van der Waals surface area contributed by atoms with E-state index in [0.717, 1.165) is 0 Å². The van der Waals surface area contributed by atoms with Gasteiger partial charge in [-0.2, -0.15) is 0 Å². The van der Waals surface area contributed by atoms with Crippen molar-refractivity contribution in [3.05, 3.63) is 0 Å². The van der Waals surface area contributed by atoms with Gasteiger partial charge in [-0.25, -0.2) is 0 Å². The summed E-state index contributed by atoms with van der Waals surface area (Å²) in [5.41, 5.74) is 0.705. The number of piperazine rings is 1. The molecule has 100 valence electrons. The Morgan fingerprint density at radius 2 is 1.82 bits per heavy atom. The molecular weight excluding hydrogens is 210 g/mol. The zero-order chi connectivity index (χ0) is 12.1. The maximum atomic E-state index is 3.68. The van der Waals surface area contributed by atoms with Crippen molar-refractivity contribution in [2.24, 2.45) is 5.41 Å². The predicted octanol–water partition coefficient (Wildman–Crippen LogP) is 1.40. The lowest BCUT2D eigenvalue weighted by molar-refractivity contribution is 0.154. The van der Waals surface area contributed by atoms with Crippen LogP contribution in [0.1, 0.15) is 32.6 Å². The van der Waals surface area contributed by atoms with E-state index in [2.05, 4.69) is 29.1 Å². The summed E-state index contributed by atoms with van der Waals surface area (Å²) < 4.78 is 0. The molecule has 2 fully saturated rings. The van der Waals surface area contributed by atoms with Gasteiger partial charge in [0.05, 0.1) is 0 Å². The van der Waals surface area contributed by atoms with Gasteiger partial charge in [0.2, 0.25) is 0 Å². The summed E-state index contributed by atoms with van der Waals surface area (Å²) in [6, 6.07) is 0. The Bertz CT molecular complexity index is 218. The highest BCUT2D eigenvalue weighted by Gasteiger charge is 2.40. The lowest BCUT2D eigenvalue weighted by Crippen LogP contribution is -2.46. The highest BCUT2D eigenvalue weighted by molar-refractivity contribution is 4.94. The maximum Gasteiger partial charge on any atom is 0.0110 e. The van der Waals surface area contributed by atoms with Crippen LogP contribution in [0.5, 0.6) is 0 Å². The molecule has 3 heteroatoms. The van der Waals surface area contributed by atoms with Crippen LogP contribution in [0.3, 0.4) is 0 Å². The Kier molecular flexibility index (Phi) is 4.83. The SMILES string of the molecule is CCCC1(CNCCN2CCN(C)CC2)CC1. The molecule has 0 spiro atoms. The second-order valence-electron chi connectivity index (χ2n) is 6.07. The smallest absolute Gasteiger partial charge is 0.0110 e. The zero-order valence-electron chi connectivity index (χ0n) is 11.7. The average Bonchev–Trinajstić information content (AvgIpc) is 3.08. The molecule has 0 radical (unpaired) electrons. The van der Waals surface area contributed by atoms with Gasteiger partial charge < -0.3 is 10.2 Å². The van der Waals surface area contributed by atoms with Gasteiger partial charge in [0.1, 0.15) is 0 Å². The van der Waals surface area contributed by atoms with Crippen molar-refractivity contribution in [2.75, 3.05) is 52.9 Å². The minimum Gasteiger partial charge on any atom is -0.315 e. The number of nitrogens with one attached hydrogen (secondary N) is 1. The molecule has 1 heterocycles. The lowest BCUT2D eigenvalue weighted by atomic mass is 10.0. The third-order valence-corrected chi connectivity index (χ3v) is 4.44. The van der Waals surface area contributed by atoms with E-state index in [1.54, 1.807) is 0 Å². The van der Waals surface area contributed by atoms with Crippen molar-refractivity contribution in [3.8, 4) is 0 Å². The van der Waals surface area contributed by atoms with Crippen molar-refractivity contribution < 1.29 is 0 Å².